The summed E-state index contributed by atoms with van der Waals surface area (Å²) in [5.74, 6) is 0.564. The van der Waals surface area contributed by atoms with Gasteiger partial charge in [0.05, 0.1) is 0 Å². The maximum atomic E-state index is 5.02. The van der Waals surface area contributed by atoms with Crippen LogP contribution in [0.2, 0.25) is 0 Å². The fraction of sp³-hybridized carbons (Fsp3) is 0.889. The summed E-state index contributed by atoms with van der Waals surface area (Å²) in [5, 5.41) is 3.80. The molecule has 1 saturated carbocycles. The molecule has 1 aliphatic carbocycles. The van der Waals surface area contributed by atoms with Crippen molar-refractivity contribution < 1.29 is 4.84 Å². The summed E-state index contributed by atoms with van der Waals surface area (Å²) in [6.07, 6.45) is 8.34. The molecule has 0 aromatic rings. The predicted molar refractivity (Wildman–Crippen MR) is 45.6 cm³/mol. The molecule has 2 nitrogen and oxygen atoms in total. The van der Waals surface area contributed by atoms with Crippen LogP contribution in [0.4, 0.5) is 0 Å². The normalized spacial score (nSPS) is 20.3. The number of nitrogens with zero attached hydrogens (tertiary/aromatic N) is 1. The number of hydrogen-bond acceptors (Lipinski definition) is 2. The van der Waals surface area contributed by atoms with Gasteiger partial charge in [0.1, 0.15) is 12.3 Å². The minimum atomic E-state index is 0.184. The summed E-state index contributed by atoms with van der Waals surface area (Å²) in [6.45, 7) is 3.94. The van der Waals surface area contributed by atoms with E-state index < -0.39 is 0 Å². The Morgan fingerprint density at radius 3 is 2.55 bits per heavy atom. The van der Waals surface area contributed by atoms with Crippen molar-refractivity contribution in [3.8, 4) is 0 Å². The van der Waals surface area contributed by atoms with Gasteiger partial charge >= 0.3 is 0 Å². The van der Waals surface area contributed by atoms with Gasteiger partial charge < -0.3 is 4.84 Å². The Kier molecular flexibility index (Phi) is 3.40. The summed E-state index contributed by atoms with van der Waals surface area (Å²) in [5.41, 5.74) is 0. The molecule has 0 amide bonds. The van der Waals surface area contributed by atoms with Crippen molar-refractivity contribution in [2.45, 2.75) is 45.6 Å². The van der Waals surface area contributed by atoms with Crippen molar-refractivity contribution in [2.75, 3.05) is 0 Å². The van der Waals surface area contributed by atoms with Gasteiger partial charge in [-0.1, -0.05) is 18.0 Å². The zero-order valence-electron chi connectivity index (χ0n) is 7.34. The van der Waals surface area contributed by atoms with Gasteiger partial charge in [0.2, 0.25) is 0 Å². The van der Waals surface area contributed by atoms with E-state index in [2.05, 4.69) is 11.4 Å². The Labute approximate surface area is 68.6 Å². The van der Waals surface area contributed by atoms with Crippen LogP contribution in [0.15, 0.2) is 5.16 Å². The molecule has 0 aromatic heterocycles. The largest absolute Gasteiger partial charge is 0.393 e. The van der Waals surface area contributed by atoms with Crippen molar-refractivity contribution >= 4 is 6.21 Å². The molecule has 0 aliphatic heterocycles. The summed E-state index contributed by atoms with van der Waals surface area (Å²) < 4.78 is 0. The van der Waals surface area contributed by atoms with Gasteiger partial charge in [-0.05, 0) is 26.7 Å². The lowest BCUT2D eigenvalue weighted by Crippen LogP contribution is -1.99. The molecular weight excluding hydrogens is 138 g/mol. The highest BCUT2D eigenvalue weighted by molar-refractivity contribution is 5.60. The molecule has 0 bridgehead atoms. The van der Waals surface area contributed by atoms with Crippen molar-refractivity contribution in [1.82, 2.24) is 0 Å². The molecule has 11 heavy (non-hydrogen) atoms. The SMILES string of the molecule is CC(C)O/N=[C]/C1CCCC1. The molecule has 0 N–H and O–H groups in total. The fourth-order valence-electron chi connectivity index (χ4n) is 1.27. The average Bonchev–Trinajstić information content (AvgIpc) is 2.39. The average molecular weight is 154 g/mol. The van der Waals surface area contributed by atoms with E-state index in [1.165, 1.54) is 25.7 Å². The van der Waals surface area contributed by atoms with E-state index >= 15 is 0 Å². The van der Waals surface area contributed by atoms with E-state index in [1.54, 1.807) is 0 Å². The molecule has 0 aromatic carbocycles. The van der Waals surface area contributed by atoms with E-state index in [-0.39, 0.29) is 6.10 Å². The lowest BCUT2D eigenvalue weighted by molar-refractivity contribution is 0.0861. The minimum absolute atomic E-state index is 0.184. The Balaban J connectivity index is 2.12. The topological polar surface area (TPSA) is 21.6 Å². The van der Waals surface area contributed by atoms with Crippen LogP contribution >= 0.6 is 0 Å². The minimum Gasteiger partial charge on any atom is -0.393 e. The van der Waals surface area contributed by atoms with Crippen LogP contribution in [-0.2, 0) is 4.84 Å². The van der Waals surface area contributed by atoms with Gasteiger partial charge in [0, 0.05) is 5.92 Å². The summed E-state index contributed by atoms with van der Waals surface area (Å²) >= 11 is 0. The van der Waals surface area contributed by atoms with E-state index in [0.29, 0.717) is 5.92 Å². The second-order valence-electron chi connectivity index (χ2n) is 3.36. The zero-order valence-corrected chi connectivity index (χ0v) is 7.34. The molecule has 1 aliphatic rings. The highest BCUT2D eigenvalue weighted by atomic mass is 16.6. The molecular formula is C9H16NO. The highest BCUT2D eigenvalue weighted by Gasteiger charge is 2.12. The van der Waals surface area contributed by atoms with E-state index in [4.69, 9.17) is 4.84 Å². The predicted octanol–water partition coefficient (Wildman–Crippen LogP) is 2.46. The monoisotopic (exact) mass is 154 g/mol. The Morgan fingerprint density at radius 1 is 1.36 bits per heavy atom. The molecule has 63 valence electrons. The molecule has 1 radical (unpaired) electrons. The summed E-state index contributed by atoms with van der Waals surface area (Å²) in [7, 11) is 0. The lowest BCUT2D eigenvalue weighted by Gasteiger charge is -2.01. The molecule has 0 spiro atoms. The lowest BCUT2D eigenvalue weighted by atomic mass is 10.1. The second kappa shape index (κ2) is 4.37. The first-order valence-electron chi connectivity index (χ1n) is 4.40. The standard InChI is InChI=1S/C9H16NO/c1-8(2)11-10-7-9-5-3-4-6-9/h8-9H,3-6H2,1-2H3. The Hall–Kier alpha value is -0.530. The molecule has 0 saturated heterocycles. The molecule has 2 heteroatoms. The fourth-order valence-corrected chi connectivity index (χ4v) is 1.27. The summed E-state index contributed by atoms with van der Waals surface area (Å²) in [6, 6.07) is 0. The molecule has 0 heterocycles. The smallest absolute Gasteiger partial charge is 0.122 e. The molecule has 0 unspecified atom stereocenters. The third-order valence-corrected chi connectivity index (χ3v) is 1.85. The maximum absolute atomic E-state index is 5.02. The van der Waals surface area contributed by atoms with Gasteiger partial charge in [-0.25, -0.2) is 0 Å². The van der Waals surface area contributed by atoms with Gasteiger partial charge in [-0.3, -0.25) is 0 Å². The van der Waals surface area contributed by atoms with Crippen LogP contribution in [0.25, 0.3) is 0 Å². The Morgan fingerprint density at radius 2 is 2.00 bits per heavy atom. The highest BCUT2D eigenvalue weighted by Crippen LogP contribution is 2.22. The molecule has 0 atom stereocenters. The van der Waals surface area contributed by atoms with Gasteiger partial charge in [0.15, 0.2) is 0 Å². The maximum Gasteiger partial charge on any atom is 0.122 e. The Bertz CT molecular complexity index is 126. The number of rotatable bonds is 3. The first-order chi connectivity index (χ1) is 5.29. The zero-order chi connectivity index (χ0) is 8.10. The van der Waals surface area contributed by atoms with Crippen molar-refractivity contribution in [1.29, 1.82) is 0 Å². The van der Waals surface area contributed by atoms with Crippen LogP contribution in [0.3, 0.4) is 0 Å². The first kappa shape index (κ1) is 8.57. The van der Waals surface area contributed by atoms with Crippen molar-refractivity contribution in [3.63, 3.8) is 0 Å². The van der Waals surface area contributed by atoms with Gasteiger partial charge in [0.25, 0.3) is 0 Å². The van der Waals surface area contributed by atoms with Gasteiger partial charge in [-0.2, -0.15) is 0 Å². The number of hydrogen-bond donors (Lipinski definition) is 0. The van der Waals surface area contributed by atoms with Crippen molar-refractivity contribution in [3.05, 3.63) is 0 Å². The van der Waals surface area contributed by atoms with E-state index in [0.717, 1.165) is 0 Å². The van der Waals surface area contributed by atoms with Crippen molar-refractivity contribution in [2.24, 2.45) is 11.1 Å². The van der Waals surface area contributed by atoms with E-state index in [1.807, 2.05) is 13.8 Å². The van der Waals surface area contributed by atoms with Crippen LogP contribution in [-0.4, -0.2) is 12.3 Å². The third kappa shape index (κ3) is 3.40. The quantitative estimate of drug-likeness (QED) is 0.452. The molecule has 1 rings (SSSR count). The second-order valence-corrected chi connectivity index (χ2v) is 3.36. The first-order valence-corrected chi connectivity index (χ1v) is 4.40. The third-order valence-electron chi connectivity index (χ3n) is 1.85. The van der Waals surface area contributed by atoms with Crippen LogP contribution < -0.4 is 0 Å². The van der Waals surface area contributed by atoms with Crippen LogP contribution in [0.5, 0.6) is 0 Å². The van der Waals surface area contributed by atoms with Gasteiger partial charge in [-0.15, -0.1) is 0 Å². The van der Waals surface area contributed by atoms with Crippen LogP contribution in [0.1, 0.15) is 39.5 Å². The summed E-state index contributed by atoms with van der Waals surface area (Å²) in [4.78, 5) is 5.02. The molecule has 1 fully saturated rings. The van der Waals surface area contributed by atoms with Crippen LogP contribution in [0, 0.1) is 5.92 Å². The van der Waals surface area contributed by atoms with E-state index in [9.17, 15) is 0 Å².